The highest BCUT2D eigenvalue weighted by Crippen LogP contribution is 2.34. The van der Waals surface area contributed by atoms with Crippen LogP contribution in [0.15, 0.2) is 42.5 Å². The van der Waals surface area contributed by atoms with E-state index in [1.54, 1.807) is 29.2 Å². The fourth-order valence-electron chi connectivity index (χ4n) is 3.53. The maximum absolute atomic E-state index is 14.3. The SMILES string of the molecule is COc1ccc(C(=O)N2CCn3nc(C)cc3C2)cc1Oc1ccc(CN)cc1F. The van der Waals surface area contributed by atoms with Gasteiger partial charge in [0.25, 0.3) is 5.91 Å². The maximum Gasteiger partial charge on any atom is 0.254 e. The summed E-state index contributed by atoms with van der Waals surface area (Å²) < 4.78 is 27.3. The van der Waals surface area contributed by atoms with Gasteiger partial charge in [0.2, 0.25) is 0 Å². The van der Waals surface area contributed by atoms with Crippen LogP contribution in [-0.2, 0) is 19.6 Å². The van der Waals surface area contributed by atoms with Crippen molar-refractivity contribution in [1.29, 1.82) is 0 Å². The number of methoxy groups -OCH3 is 1. The molecule has 0 bridgehead atoms. The first-order valence-electron chi connectivity index (χ1n) is 9.65. The first kappa shape index (κ1) is 19.9. The van der Waals surface area contributed by atoms with Gasteiger partial charge in [0.1, 0.15) is 0 Å². The first-order chi connectivity index (χ1) is 14.5. The van der Waals surface area contributed by atoms with Crippen LogP contribution in [0, 0.1) is 12.7 Å². The number of amides is 1. The summed E-state index contributed by atoms with van der Waals surface area (Å²) in [7, 11) is 1.49. The maximum atomic E-state index is 14.3. The Balaban J connectivity index is 1.59. The van der Waals surface area contributed by atoms with E-state index in [-0.39, 0.29) is 24.0 Å². The van der Waals surface area contributed by atoms with Gasteiger partial charge >= 0.3 is 0 Å². The van der Waals surface area contributed by atoms with Gasteiger partial charge < -0.3 is 20.1 Å². The van der Waals surface area contributed by atoms with Crippen LogP contribution in [0.2, 0.25) is 0 Å². The first-order valence-corrected chi connectivity index (χ1v) is 9.65. The molecule has 1 aliphatic rings. The zero-order valence-corrected chi connectivity index (χ0v) is 16.9. The second-order valence-electron chi connectivity index (χ2n) is 7.16. The Bertz CT molecular complexity index is 1100. The minimum Gasteiger partial charge on any atom is -0.493 e. The summed E-state index contributed by atoms with van der Waals surface area (Å²) in [5.74, 6) is 0.0391. The molecule has 0 fully saturated rings. The average molecular weight is 410 g/mol. The Labute approximate surface area is 173 Å². The molecule has 2 heterocycles. The van der Waals surface area contributed by atoms with Crippen LogP contribution in [-0.4, -0.2) is 34.2 Å². The molecule has 1 amide bonds. The van der Waals surface area contributed by atoms with E-state index in [4.69, 9.17) is 15.2 Å². The largest absolute Gasteiger partial charge is 0.493 e. The fraction of sp³-hybridized carbons (Fsp3) is 0.273. The number of rotatable bonds is 5. The average Bonchev–Trinajstić information content (AvgIpc) is 3.13. The number of aryl methyl sites for hydroxylation is 1. The van der Waals surface area contributed by atoms with Gasteiger partial charge in [-0.2, -0.15) is 5.10 Å². The zero-order valence-electron chi connectivity index (χ0n) is 16.9. The number of carbonyl (C=O) groups is 1. The highest BCUT2D eigenvalue weighted by atomic mass is 19.1. The monoisotopic (exact) mass is 410 g/mol. The molecule has 2 N–H and O–H groups in total. The van der Waals surface area contributed by atoms with Crippen LogP contribution in [0.4, 0.5) is 4.39 Å². The summed E-state index contributed by atoms with van der Waals surface area (Å²) in [4.78, 5) is 14.8. The number of hydrogen-bond donors (Lipinski definition) is 1. The summed E-state index contributed by atoms with van der Waals surface area (Å²) in [5, 5.41) is 4.42. The minimum atomic E-state index is -0.531. The van der Waals surface area contributed by atoms with Crippen molar-refractivity contribution in [3.05, 3.63) is 70.8 Å². The van der Waals surface area contributed by atoms with Gasteiger partial charge in [-0.15, -0.1) is 0 Å². The molecule has 8 heteroatoms. The predicted molar refractivity (Wildman–Crippen MR) is 109 cm³/mol. The zero-order chi connectivity index (χ0) is 21.3. The van der Waals surface area contributed by atoms with Crippen LogP contribution in [0.5, 0.6) is 17.2 Å². The third-order valence-electron chi connectivity index (χ3n) is 5.07. The molecule has 156 valence electrons. The third-order valence-corrected chi connectivity index (χ3v) is 5.07. The molecule has 4 rings (SSSR count). The molecule has 0 unspecified atom stereocenters. The van der Waals surface area contributed by atoms with Crippen LogP contribution in [0.25, 0.3) is 0 Å². The molecule has 0 atom stereocenters. The number of fused-ring (bicyclic) bond motifs is 1. The van der Waals surface area contributed by atoms with E-state index in [1.807, 2.05) is 17.7 Å². The Morgan fingerprint density at radius 2 is 1.93 bits per heavy atom. The summed E-state index contributed by atoms with van der Waals surface area (Å²) in [6, 6.07) is 11.4. The van der Waals surface area contributed by atoms with Crippen molar-refractivity contribution in [2.24, 2.45) is 5.73 Å². The fourth-order valence-corrected chi connectivity index (χ4v) is 3.53. The Morgan fingerprint density at radius 3 is 2.67 bits per heavy atom. The number of nitrogens with zero attached hydrogens (tertiary/aromatic N) is 3. The van der Waals surface area contributed by atoms with Gasteiger partial charge in [-0.25, -0.2) is 4.39 Å². The molecule has 1 aromatic heterocycles. The second kappa shape index (κ2) is 8.16. The number of ether oxygens (including phenoxy) is 2. The van der Waals surface area contributed by atoms with Crippen LogP contribution < -0.4 is 15.2 Å². The van der Waals surface area contributed by atoms with E-state index in [0.717, 1.165) is 11.4 Å². The number of carbonyl (C=O) groups excluding carboxylic acids is 1. The normalized spacial score (nSPS) is 13.1. The van der Waals surface area contributed by atoms with Gasteiger partial charge in [0.15, 0.2) is 23.1 Å². The van der Waals surface area contributed by atoms with Gasteiger partial charge in [0, 0.05) is 18.7 Å². The lowest BCUT2D eigenvalue weighted by Gasteiger charge is -2.28. The lowest BCUT2D eigenvalue weighted by atomic mass is 10.1. The summed E-state index contributed by atoms with van der Waals surface area (Å²) in [6.07, 6.45) is 0. The van der Waals surface area contributed by atoms with Gasteiger partial charge in [0.05, 0.1) is 31.6 Å². The van der Waals surface area contributed by atoms with Crippen molar-refractivity contribution >= 4 is 5.91 Å². The Hall–Kier alpha value is -3.39. The molecule has 1 aliphatic heterocycles. The molecule has 30 heavy (non-hydrogen) atoms. The number of nitrogens with two attached hydrogens (primary N) is 1. The molecule has 3 aromatic rings. The molecule has 0 saturated carbocycles. The second-order valence-corrected chi connectivity index (χ2v) is 7.16. The third kappa shape index (κ3) is 3.86. The van der Waals surface area contributed by atoms with E-state index >= 15 is 0 Å². The Morgan fingerprint density at radius 1 is 1.13 bits per heavy atom. The molecule has 0 radical (unpaired) electrons. The molecule has 2 aromatic carbocycles. The highest BCUT2D eigenvalue weighted by Gasteiger charge is 2.24. The molecule has 0 aliphatic carbocycles. The molecular formula is C22H23FN4O3. The van der Waals surface area contributed by atoms with E-state index < -0.39 is 5.82 Å². The lowest BCUT2D eigenvalue weighted by Crippen LogP contribution is -2.38. The summed E-state index contributed by atoms with van der Waals surface area (Å²) >= 11 is 0. The predicted octanol–water partition coefficient (Wildman–Crippen LogP) is 3.25. The molecular weight excluding hydrogens is 387 g/mol. The molecule has 0 saturated heterocycles. The van der Waals surface area contributed by atoms with E-state index in [0.29, 0.717) is 36.5 Å². The van der Waals surface area contributed by atoms with Crippen LogP contribution in [0.3, 0.4) is 0 Å². The van der Waals surface area contributed by atoms with Crippen molar-refractivity contribution in [2.45, 2.75) is 26.6 Å². The van der Waals surface area contributed by atoms with Crippen molar-refractivity contribution in [2.75, 3.05) is 13.7 Å². The van der Waals surface area contributed by atoms with E-state index in [1.165, 1.54) is 19.2 Å². The quantitative estimate of drug-likeness (QED) is 0.698. The number of halogens is 1. The topological polar surface area (TPSA) is 82.6 Å². The van der Waals surface area contributed by atoms with Gasteiger partial charge in [-0.1, -0.05) is 6.07 Å². The smallest absolute Gasteiger partial charge is 0.254 e. The van der Waals surface area contributed by atoms with E-state index in [2.05, 4.69) is 5.10 Å². The van der Waals surface area contributed by atoms with Crippen LogP contribution in [0.1, 0.15) is 27.3 Å². The van der Waals surface area contributed by atoms with E-state index in [9.17, 15) is 9.18 Å². The standard InChI is InChI=1S/C22H23FN4O3/c1-14-9-17-13-26(7-8-27(17)25-14)22(28)16-4-6-20(29-2)21(11-16)30-19-5-3-15(12-24)10-18(19)23/h3-6,9-11H,7-8,12-13,24H2,1-2H3. The number of benzene rings is 2. The minimum absolute atomic E-state index is 0.0347. The van der Waals surface area contributed by atoms with Crippen LogP contribution >= 0.6 is 0 Å². The number of hydrogen-bond acceptors (Lipinski definition) is 5. The highest BCUT2D eigenvalue weighted by molar-refractivity contribution is 5.95. The van der Waals surface area contributed by atoms with Gasteiger partial charge in [-0.05, 0) is 48.9 Å². The van der Waals surface area contributed by atoms with Crippen molar-refractivity contribution < 1.29 is 18.7 Å². The number of aromatic nitrogens is 2. The molecule has 7 nitrogen and oxygen atoms in total. The molecule has 0 spiro atoms. The lowest BCUT2D eigenvalue weighted by molar-refractivity contribution is 0.0705. The van der Waals surface area contributed by atoms with Crippen molar-refractivity contribution in [3.63, 3.8) is 0 Å². The van der Waals surface area contributed by atoms with Gasteiger partial charge in [-0.3, -0.25) is 9.48 Å². The summed E-state index contributed by atoms with van der Waals surface area (Å²) in [5.41, 5.74) is 8.58. The summed E-state index contributed by atoms with van der Waals surface area (Å²) in [6.45, 7) is 3.86. The van der Waals surface area contributed by atoms with Crippen molar-refractivity contribution in [1.82, 2.24) is 14.7 Å². The Kier molecular flexibility index (Phi) is 5.41. The van der Waals surface area contributed by atoms with Crippen molar-refractivity contribution in [3.8, 4) is 17.2 Å².